The number of aryl methyl sites for hydroxylation is 1. The molecule has 0 aliphatic rings. The molecule has 2 aromatic heterocycles. The van der Waals surface area contributed by atoms with Gasteiger partial charge in [0.05, 0.1) is 17.9 Å². The van der Waals surface area contributed by atoms with E-state index in [2.05, 4.69) is 19.9 Å². The fourth-order valence-electron chi connectivity index (χ4n) is 1.18. The average Bonchev–Trinajstić information content (AvgIpc) is 2.70. The quantitative estimate of drug-likeness (QED) is 0.838. The average molecular weight is 241 g/mol. The standard InChI is InChI=1S/C9H9ClN4S/c1-6-2-3-11-9(10)8(6)12-4-7-5-15-14-13-7/h2-3,5,12H,4H2,1H3. The lowest BCUT2D eigenvalue weighted by Gasteiger charge is -2.08. The van der Waals surface area contributed by atoms with Crippen LogP contribution in [0.25, 0.3) is 0 Å². The summed E-state index contributed by atoms with van der Waals surface area (Å²) in [6.45, 7) is 2.60. The van der Waals surface area contributed by atoms with Crippen LogP contribution in [-0.4, -0.2) is 14.6 Å². The Balaban J connectivity index is 2.11. The zero-order valence-electron chi connectivity index (χ0n) is 8.07. The van der Waals surface area contributed by atoms with Crippen LogP contribution < -0.4 is 5.32 Å². The van der Waals surface area contributed by atoms with E-state index in [1.54, 1.807) is 6.20 Å². The molecule has 0 saturated heterocycles. The highest BCUT2D eigenvalue weighted by Crippen LogP contribution is 2.23. The Morgan fingerprint density at radius 3 is 3.07 bits per heavy atom. The van der Waals surface area contributed by atoms with Gasteiger partial charge in [-0.15, -0.1) is 5.10 Å². The lowest BCUT2D eigenvalue weighted by molar-refractivity contribution is 0.994. The maximum absolute atomic E-state index is 5.96. The second kappa shape index (κ2) is 4.55. The number of hydrogen-bond donors (Lipinski definition) is 1. The third kappa shape index (κ3) is 2.43. The highest BCUT2D eigenvalue weighted by molar-refractivity contribution is 7.03. The number of nitrogens with one attached hydrogen (secondary N) is 1. The second-order valence-corrected chi connectivity index (χ2v) is 4.01. The van der Waals surface area contributed by atoms with E-state index in [0.29, 0.717) is 11.7 Å². The first-order chi connectivity index (χ1) is 7.27. The van der Waals surface area contributed by atoms with E-state index in [1.165, 1.54) is 11.5 Å². The summed E-state index contributed by atoms with van der Waals surface area (Å²) < 4.78 is 3.78. The van der Waals surface area contributed by atoms with Gasteiger partial charge in [0.15, 0.2) is 5.15 Å². The minimum absolute atomic E-state index is 0.484. The molecule has 0 atom stereocenters. The SMILES string of the molecule is Cc1ccnc(Cl)c1NCc1csnn1. The molecule has 0 radical (unpaired) electrons. The molecule has 2 heterocycles. The predicted octanol–water partition coefficient (Wildman–Crippen LogP) is 2.51. The van der Waals surface area contributed by atoms with Crippen LogP contribution in [-0.2, 0) is 6.54 Å². The van der Waals surface area contributed by atoms with Crippen molar-refractivity contribution in [3.8, 4) is 0 Å². The highest BCUT2D eigenvalue weighted by Gasteiger charge is 2.04. The Kier molecular flexibility index (Phi) is 3.13. The maximum atomic E-state index is 5.96. The summed E-state index contributed by atoms with van der Waals surface area (Å²) in [5.41, 5.74) is 2.82. The number of hydrogen-bond acceptors (Lipinski definition) is 5. The Bertz CT molecular complexity index is 423. The first-order valence-electron chi connectivity index (χ1n) is 4.38. The Morgan fingerprint density at radius 2 is 2.40 bits per heavy atom. The van der Waals surface area contributed by atoms with Crippen LogP contribution in [0.1, 0.15) is 11.3 Å². The lowest BCUT2D eigenvalue weighted by Crippen LogP contribution is -2.02. The van der Waals surface area contributed by atoms with Crippen molar-refractivity contribution in [2.24, 2.45) is 0 Å². The van der Waals surface area contributed by atoms with Gasteiger partial charge in [0.25, 0.3) is 0 Å². The van der Waals surface area contributed by atoms with Gasteiger partial charge in [-0.05, 0) is 30.1 Å². The van der Waals surface area contributed by atoms with Crippen molar-refractivity contribution in [1.82, 2.24) is 14.6 Å². The van der Waals surface area contributed by atoms with Crippen molar-refractivity contribution in [3.05, 3.63) is 34.1 Å². The van der Waals surface area contributed by atoms with Crippen LogP contribution in [0.2, 0.25) is 5.15 Å². The third-order valence-corrected chi connectivity index (χ3v) is 2.80. The molecular formula is C9H9ClN4S. The van der Waals surface area contributed by atoms with E-state index in [0.717, 1.165) is 16.9 Å². The molecular weight excluding hydrogens is 232 g/mol. The second-order valence-electron chi connectivity index (χ2n) is 3.04. The number of nitrogens with zero attached hydrogens (tertiary/aromatic N) is 3. The number of aromatic nitrogens is 3. The van der Waals surface area contributed by atoms with Crippen LogP contribution in [0, 0.1) is 6.92 Å². The van der Waals surface area contributed by atoms with Gasteiger partial charge in [0.2, 0.25) is 0 Å². The molecule has 0 aliphatic heterocycles. The largest absolute Gasteiger partial charge is 0.377 e. The molecule has 1 N–H and O–H groups in total. The highest BCUT2D eigenvalue weighted by atomic mass is 35.5. The molecule has 0 aromatic carbocycles. The molecule has 2 aromatic rings. The van der Waals surface area contributed by atoms with Gasteiger partial charge < -0.3 is 5.32 Å². The Hall–Kier alpha value is -1.20. The lowest BCUT2D eigenvalue weighted by atomic mass is 10.2. The number of anilines is 1. The number of pyridine rings is 1. The summed E-state index contributed by atoms with van der Waals surface area (Å²) in [4.78, 5) is 4.01. The molecule has 4 nitrogen and oxygen atoms in total. The summed E-state index contributed by atoms with van der Waals surface area (Å²) in [7, 11) is 0. The van der Waals surface area contributed by atoms with Crippen molar-refractivity contribution in [1.29, 1.82) is 0 Å². The molecule has 0 unspecified atom stereocenters. The van der Waals surface area contributed by atoms with E-state index in [4.69, 9.17) is 11.6 Å². The molecule has 0 saturated carbocycles. The minimum Gasteiger partial charge on any atom is -0.377 e. The third-order valence-electron chi connectivity index (χ3n) is 1.96. The molecule has 15 heavy (non-hydrogen) atoms. The first kappa shape index (κ1) is 10.3. The Labute approximate surface area is 96.5 Å². The van der Waals surface area contributed by atoms with Gasteiger partial charge in [0.1, 0.15) is 0 Å². The van der Waals surface area contributed by atoms with Crippen LogP contribution in [0.4, 0.5) is 5.69 Å². The van der Waals surface area contributed by atoms with E-state index in [1.807, 2.05) is 18.4 Å². The van der Waals surface area contributed by atoms with Crippen LogP contribution >= 0.6 is 23.1 Å². The number of halogens is 1. The van der Waals surface area contributed by atoms with Gasteiger partial charge >= 0.3 is 0 Å². The summed E-state index contributed by atoms with van der Waals surface area (Å²) in [5.74, 6) is 0. The van der Waals surface area contributed by atoms with E-state index in [-0.39, 0.29) is 0 Å². The fraction of sp³-hybridized carbons (Fsp3) is 0.222. The van der Waals surface area contributed by atoms with Crippen molar-refractivity contribution >= 4 is 28.8 Å². The minimum atomic E-state index is 0.484. The van der Waals surface area contributed by atoms with Crippen LogP contribution in [0.15, 0.2) is 17.6 Å². The van der Waals surface area contributed by atoms with Crippen molar-refractivity contribution in [2.45, 2.75) is 13.5 Å². The zero-order chi connectivity index (χ0) is 10.7. The zero-order valence-corrected chi connectivity index (χ0v) is 9.64. The van der Waals surface area contributed by atoms with E-state index >= 15 is 0 Å². The molecule has 2 rings (SSSR count). The Morgan fingerprint density at radius 1 is 1.53 bits per heavy atom. The van der Waals surface area contributed by atoms with E-state index in [9.17, 15) is 0 Å². The normalized spacial score (nSPS) is 10.3. The summed E-state index contributed by atoms with van der Waals surface area (Å²) in [6, 6.07) is 1.91. The van der Waals surface area contributed by atoms with Crippen LogP contribution in [0.5, 0.6) is 0 Å². The van der Waals surface area contributed by atoms with Crippen molar-refractivity contribution in [2.75, 3.05) is 5.32 Å². The van der Waals surface area contributed by atoms with Gasteiger partial charge in [-0.25, -0.2) is 4.98 Å². The first-order valence-corrected chi connectivity index (χ1v) is 5.59. The predicted molar refractivity (Wildman–Crippen MR) is 61.2 cm³/mol. The van der Waals surface area contributed by atoms with Crippen molar-refractivity contribution in [3.63, 3.8) is 0 Å². The molecule has 0 bridgehead atoms. The molecule has 6 heteroatoms. The van der Waals surface area contributed by atoms with Gasteiger partial charge in [-0.2, -0.15) is 0 Å². The fourth-order valence-corrected chi connectivity index (χ4v) is 1.90. The molecule has 0 amide bonds. The summed E-state index contributed by atoms with van der Waals surface area (Å²) >= 11 is 7.30. The smallest absolute Gasteiger partial charge is 0.152 e. The summed E-state index contributed by atoms with van der Waals surface area (Å²) in [5, 5.41) is 9.51. The topological polar surface area (TPSA) is 50.7 Å². The molecule has 0 aliphatic carbocycles. The monoisotopic (exact) mass is 240 g/mol. The molecule has 0 fully saturated rings. The van der Waals surface area contributed by atoms with Crippen LogP contribution in [0.3, 0.4) is 0 Å². The van der Waals surface area contributed by atoms with Crippen molar-refractivity contribution < 1.29 is 0 Å². The summed E-state index contributed by atoms with van der Waals surface area (Å²) in [6.07, 6.45) is 1.69. The van der Waals surface area contributed by atoms with Gasteiger partial charge in [-0.1, -0.05) is 16.1 Å². The molecule has 0 spiro atoms. The molecule has 78 valence electrons. The van der Waals surface area contributed by atoms with Gasteiger partial charge in [0, 0.05) is 11.6 Å². The maximum Gasteiger partial charge on any atom is 0.152 e. The number of rotatable bonds is 3. The van der Waals surface area contributed by atoms with Gasteiger partial charge in [-0.3, -0.25) is 0 Å². The van der Waals surface area contributed by atoms with E-state index < -0.39 is 0 Å².